The van der Waals surface area contributed by atoms with Crippen molar-refractivity contribution in [2.75, 3.05) is 26.8 Å². The van der Waals surface area contributed by atoms with Crippen LogP contribution in [0.15, 0.2) is 36.7 Å². The zero-order valence-electron chi connectivity index (χ0n) is 13.2. The highest BCUT2D eigenvalue weighted by atomic mass is 16.5. The largest absolute Gasteiger partial charge is 0.481 e. The zero-order valence-corrected chi connectivity index (χ0v) is 13.2. The predicted molar refractivity (Wildman–Crippen MR) is 84.4 cm³/mol. The summed E-state index contributed by atoms with van der Waals surface area (Å²) in [6.07, 6.45) is 3.19. The molecule has 120 valence electrons. The molecule has 3 rings (SSSR count). The van der Waals surface area contributed by atoms with Gasteiger partial charge in [0.05, 0.1) is 25.8 Å². The van der Waals surface area contributed by atoms with Gasteiger partial charge in [-0.1, -0.05) is 0 Å². The molecule has 2 aromatic heterocycles. The number of methoxy groups -OCH3 is 1. The fourth-order valence-corrected chi connectivity index (χ4v) is 2.61. The van der Waals surface area contributed by atoms with E-state index in [0.29, 0.717) is 31.1 Å². The number of hydrogen-bond donors (Lipinski definition) is 0. The normalized spacial score (nSPS) is 17.8. The molecule has 1 saturated heterocycles. The highest BCUT2D eigenvalue weighted by Gasteiger charge is 2.26. The van der Waals surface area contributed by atoms with Gasteiger partial charge in [0.25, 0.3) is 5.91 Å². The number of hydrogen-bond acceptors (Lipinski definition) is 5. The third-order valence-corrected chi connectivity index (χ3v) is 3.84. The summed E-state index contributed by atoms with van der Waals surface area (Å²) < 4.78 is 10.8. The smallest absolute Gasteiger partial charge is 0.255 e. The molecule has 23 heavy (non-hydrogen) atoms. The topological polar surface area (TPSA) is 64.5 Å². The number of carbonyl (C=O) groups excluding carboxylic acids is 1. The molecule has 1 aliphatic rings. The molecule has 0 radical (unpaired) electrons. The standard InChI is InChI=1S/C17H19N3O3/c1-12-9-13(5-6-18-12)15-11-20(7-8-23-15)17(21)14-3-4-16(22-2)19-10-14/h3-6,9-10,15H,7-8,11H2,1-2H3/t15-/m1/s1. The quantitative estimate of drug-likeness (QED) is 0.867. The van der Waals surface area contributed by atoms with Crippen LogP contribution >= 0.6 is 0 Å². The van der Waals surface area contributed by atoms with Crippen LogP contribution in [0, 0.1) is 6.92 Å². The number of amides is 1. The first kappa shape index (κ1) is 15.4. The van der Waals surface area contributed by atoms with Crippen molar-refractivity contribution in [3.05, 3.63) is 53.5 Å². The van der Waals surface area contributed by atoms with Crippen molar-refractivity contribution in [2.45, 2.75) is 13.0 Å². The predicted octanol–water partition coefficient (Wildman–Crippen LogP) is 2.01. The van der Waals surface area contributed by atoms with Gasteiger partial charge < -0.3 is 14.4 Å². The molecule has 0 aliphatic carbocycles. The van der Waals surface area contributed by atoms with Gasteiger partial charge in [0.15, 0.2) is 0 Å². The number of ether oxygens (including phenoxy) is 2. The summed E-state index contributed by atoms with van der Waals surface area (Å²) in [4.78, 5) is 22.7. The Balaban J connectivity index is 1.73. The summed E-state index contributed by atoms with van der Waals surface area (Å²) in [5.41, 5.74) is 2.54. The minimum absolute atomic E-state index is 0.0424. The van der Waals surface area contributed by atoms with Crippen LogP contribution in [0.4, 0.5) is 0 Å². The molecule has 1 fully saturated rings. The minimum atomic E-state index is -0.124. The molecule has 1 atom stereocenters. The molecule has 6 nitrogen and oxygen atoms in total. The van der Waals surface area contributed by atoms with Gasteiger partial charge >= 0.3 is 0 Å². The van der Waals surface area contributed by atoms with Crippen molar-refractivity contribution in [1.29, 1.82) is 0 Å². The summed E-state index contributed by atoms with van der Waals surface area (Å²) in [5.74, 6) is 0.452. The number of aromatic nitrogens is 2. The van der Waals surface area contributed by atoms with Crippen molar-refractivity contribution >= 4 is 5.91 Å². The first-order valence-electron chi connectivity index (χ1n) is 7.51. The lowest BCUT2D eigenvalue weighted by Gasteiger charge is -2.33. The van der Waals surface area contributed by atoms with Crippen molar-refractivity contribution in [1.82, 2.24) is 14.9 Å². The summed E-state index contributed by atoms with van der Waals surface area (Å²) in [6.45, 7) is 3.55. The minimum Gasteiger partial charge on any atom is -0.481 e. The molecule has 3 heterocycles. The van der Waals surface area contributed by atoms with Gasteiger partial charge in [0.1, 0.15) is 6.10 Å². The second kappa shape index (κ2) is 6.75. The highest BCUT2D eigenvalue weighted by molar-refractivity contribution is 5.94. The lowest BCUT2D eigenvalue weighted by molar-refractivity contribution is -0.0228. The van der Waals surface area contributed by atoms with Gasteiger partial charge in [-0.3, -0.25) is 9.78 Å². The maximum Gasteiger partial charge on any atom is 0.255 e. The highest BCUT2D eigenvalue weighted by Crippen LogP contribution is 2.23. The first-order valence-corrected chi connectivity index (χ1v) is 7.51. The maximum atomic E-state index is 12.6. The lowest BCUT2D eigenvalue weighted by Crippen LogP contribution is -2.42. The number of nitrogens with zero attached hydrogens (tertiary/aromatic N) is 3. The Morgan fingerprint density at radius 2 is 2.22 bits per heavy atom. The van der Waals surface area contributed by atoms with E-state index in [1.165, 1.54) is 0 Å². The molecule has 6 heteroatoms. The number of morpholine rings is 1. The third-order valence-electron chi connectivity index (χ3n) is 3.84. The van der Waals surface area contributed by atoms with Crippen LogP contribution in [0.5, 0.6) is 5.88 Å². The second-order valence-corrected chi connectivity index (χ2v) is 5.43. The van der Waals surface area contributed by atoms with E-state index >= 15 is 0 Å². The van der Waals surface area contributed by atoms with E-state index in [-0.39, 0.29) is 12.0 Å². The third kappa shape index (κ3) is 3.48. The Morgan fingerprint density at radius 1 is 1.35 bits per heavy atom. The van der Waals surface area contributed by atoms with Crippen LogP contribution < -0.4 is 4.74 Å². The number of pyridine rings is 2. The van der Waals surface area contributed by atoms with Gasteiger partial charge in [-0.15, -0.1) is 0 Å². The molecular weight excluding hydrogens is 294 g/mol. The van der Waals surface area contributed by atoms with Gasteiger partial charge in [-0.2, -0.15) is 0 Å². The van der Waals surface area contributed by atoms with Crippen LogP contribution in [0.3, 0.4) is 0 Å². The molecular formula is C17H19N3O3. The molecule has 0 spiro atoms. The Kier molecular flexibility index (Phi) is 4.52. The van der Waals surface area contributed by atoms with E-state index in [4.69, 9.17) is 9.47 Å². The summed E-state index contributed by atoms with van der Waals surface area (Å²) >= 11 is 0. The maximum absolute atomic E-state index is 12.6. The van der Waals surface area contributed by atoms with Crippen LogP contribution in [-0.2, 0) is 4.74 Å². The molecule has 0 N–H and O–H groups in total. The van der Waals surface area contributed by atoms with Crippen molar-refractivity contribution < 1.29 is 14.3 Å². The second-order valence-electron chi connectivity index (χ2n) is 5.43. The van der Waals surface area contributed by atoms with Crippen molar-refractivity contribution in [3.8, 4) is 5.88 Å². The molecule has 0 saturated carbocycles. The number of aryl methyl sites for hydroxylation is 1. The zero-order chi connectivity index (χ0) is 16.2. The fourth-order valence-electron chi connectivity index (χ4n) is 2.61. The van der Waals surface area contributed by atoms with Crippen molar-refractivity contribution in [3.63, 3.8) is 0 Å². The molecule has 0 aromatic carbocycles. The van der Waals surface area contributed by atoms with Crippen LogP contribution in [0.1, 0.15) is 27.7 Å². The van der Waals surface area contributed by atoms with Gasteiger partial charge in [0.2, 0.25) is 5.88 Å². The van der Waals surface area contributed by atoms with E-state index in [0.717, 1.165) is 11.3 Å². The monoisotopic (exact) mass is 313 g/mol. The van der Waals surface area contributed by atoms with E-state index in [1.54, 1.807) is 36.5 Å². The van der Waals surface area contributed by atoms with E-state index < -0.39 is 0 Å². The van der Waals surface area contributed by atoms with Crippen LogP contribution in [0.2, 0.25) is 0 Å². The average Bonchev–Trinajstić information content (AvgIpc) is 2.61. The number of carbonyl (C=O) groups is 1. The SMILES string of the molecule is COc1ccc(C(=O)N2CCO[C@@H](c3ccnc(C)c3)C2)cn1. The van der Waals surface area contributed by atoms with Gasteiger partial charge in [0, 0.05) is 30.7 Å². The van der Waals surface area contributed by atoms with Crippen LogP contribution in [0.25, 0.3) is 0 Å². The molecule has 2 aromatic rings. The molecule has 1 aliphatic heterocycles. The Hall–Kier alpha value is -2.47. The van der Waals surface area contributed by atoms with E-state index in [9.17, 15) is 4.79 Å². The summed E-state index contributed by atoms with van der Waals surface area (Å²) in [5, 5.41) is 0. The van der Waals surface area contributed by atoms with Crippen molar-refractivity contribution in [2.24, 2.45) is 0 Å². The Labute approximate surface area is 135 Å². The molecule has 1 amide bonds. The fraction of sp³-hybridized carbons (Fsp3) is 0.353. The first-order chi connectivity index (χ1) is 11.2. The molecule has 0 bridgehead atoms. The summed E-state index contributed by atoms with van der Waals surface area (Å²) in [6, 6.07) is 7.35. The average molecular weight is 313 g/mol. The Bertz CT molecular complexity index is 688. The van der Waals surface area contributed by atoms with Gasteiger partial charge in [-0.05, 0) is 30.7 Å². The van der Waals surface area contributed by atoms with Crippen LogP contribution in [-0.4, -0.2) is 47.6 Å². The lowest BCUT2D eigenvalue weighted by atomic mass is 10.1. The molecule has 0 unspecified atom stereocenters. The van der Waals surface area contributed by atoms with Gasteiger partial charge in [-0.25, -0.2) is 4.98 Å². The van der Waals surface area contributed by atoms with E-state index in [1.807, 2.05) is 19.1 Å². The number of rotatable bonds is 3. The Morgan fingerprint density at radius 3 is 2.91 bits per heavy atom. The van der Waals surface area contributed by atoms with E-state index in [2.05, 4.69) is 9.97 Å². The summed E-state index contributed by atoms with van der Waals surface area (Å²) in [7, 11) is 1.55.